The van der Waals surface area contributed by atoms with Crippen LogP contribution in [0.3, 0.4) is 0 Å². The summed E-state index contributed by atoms with van der Waals surface area (Å²) in [6.45, 7) is 16.5. The second-order valence-electron chi connectivity index (χ2n) is 14.8. The summed E-state index contributed by atoms with van der Waals surface area (Å²) in [5.74, 6) is 0.324. The van der Waals surface area contributed by atoms with Crippen LogP contribution in [0.15, 0.2) is 23.8 Å². The number of epoxide rings is 1. The summed E-state index contributed by atoms with van der Waals surface area (Å²) >= 11 is 0. The summed E-state index contributed by atoms with van der Waals surface area (Å²) in [5, 5.41) is 21.5. The molecule has 3 fully saturated rings. The van der Waals surface area contributed by atoms with Gasteiger partial charge in [0.25, 0.3) is 0 Å². The van der Waals surface area contributed by atoms with Gasteiger partial charge >= 0.3 is 5.97 Å². The molecule has 0 aromatic carbocycles. The van der Waals surface area contributed by atoms with Gasteiger partial charge < -0.3 is 19.7 Å². The number of ketones is 1. The van der Waals surface area contributed by atoms with Crippen LogP contribution in [0, 0.1) is 45.3 Å². The van der Waals surface area contributed by atoms with Gasteiger partial charge in [-0.05, 0) is 86.5 Å². The highest BCUT2D eigenvalue weighted by molar-refractivity contribution is 5.95. The number of ether oxygens (including phenoxy) is 2. The van der Waals surface area contributed by atoms with Gasteiger partial charge in [0.1, 0.15) is 12.2 Å². The lowest BCUT2D eigenvalue weighted by Gasteiger charge is -2.66. The van der Waals surface area contributed by atoms with Crippen LogP contribution in [-0.4, -0.2) is 52.5 Å². The quantitative estimate of drug-likeness (QED) is 0.286. The molecule has 10 atom stereocenters. The Morgan fingerprint density at radius 3 is 2.39 bits per heavy atom. The van der Waals surface area contributed by atoms with Crippen LogP contribution < -0.4 is 0 Å². The minimum atomic E-state index is -0.600. The molecule has 4 aliphatic carbocycles. The van der Waals surface area contributed by atoms with Crippen LogP contribution in [0.1, 0.15) is 87.5 Å². The fraction of sp³-hybridized carbons (Fsp3) is 0.812. The molecule has 212 valence electrons. The number of rotatable bonds is 6. The summed E-state index contributed by atoms with van der Waals surface area (Å²) in [6.07, 6.45) is 9.17. The molecule has 0 radical (unpaired) electrons. The molecule has 1 heterocycles. The van der Waals surface area contributed by atoms with Gasteiger partial charge in [-0.25, -0.2) is 0 Å². The third-order valence-electron chi connectivity index (χ3n) is 12.1. The van der Waals surface area contributed by atoms with Crippen LogP contribution in [0.5, 0.6) is 0 Å². The maximum atomic E-state index is 13.0. The highest BCUT2D eigenvalue weighted by Crippen LogP contribution is 2.72. The van der Waals surface area contributed by atoms with Gasteiger partial charge in [-0.3, -0.25) is 9.59 Å². The molecule has 1 aliphatic heterocycles. The van der Waals surface area contributed by atoms with Crippen molar-refractivity contribution in [2.24, 2.45) is 45.3 Å². The monoisotopic (exact) mass is 528 g/mol. The van der Waals surface area contributed by atoms with Crippen LogP contribution in [0.25, 0.3) is 0 Å². The van der Waals surface area contributed by atoms with Gasteiger partial charge in [0.05, 0.1) is 11.7 Å². The average molecular weight is 529 g/mol. The first-order valence-electron chi connectivity index (χ1n) is 14.6. The number of hydrogen-bond donors (Lipinski definition) is 2. The molecule has 5 rings (SSSR count). The Morgan fingerprint density at radius 1 is 1.16 bits per heavy atom. The predicted octanol–water partition coefficient (Wildman–Crippen LogP) is 5.02. The number of allylic oxidation sites excluding steroid dienone is 3. The molecule has 0 bridgehead atoms. The first-order chi connectivity index (χ1) is 17.5. The molecule has 5 aliphatic rings. The number of hydrogen-bond acceptors (Lipinski definition) is 6. The van der Waals surface area contributed by atoms with E-state index in [2.05, 4.69) is 46.8 Å². The third-order valence-corrected chi connectivity index (χ3v) is 12.1. The van der Waals surface area contributed by atoms with E-state index >= 15 is 0 Å². The topological polar surface area (TPSA) is 96.4 Å². The molecule has 1 saturated heterocycles. The number of carbonyl (C=O) groups is 2. The van der Waals surface area contributed by atoms with Crippen LogP contribution in [0.4, 0.5) is 0 Å². The molecule has 2 saturated carbocycles. The summed E-state index contributed by atoms with van der Waals surface area (Å²) < 4.78 is 11.9. The summed E-state index contributed by atoms with van der Waals surface area (Å²) in [7, 11) is 0. The van der Waals surface area contributed by atoms with E-state index in [-0.39, 0.29) is 76.1 Å². The van der Waals surface area contributed by atoms with Crippen molar-refractivity contribution >= 4 is 11.8 Å². The molecule has 6 nitrogen and oxygen atoms in total. The van der Waals surface area contributed by atoms with Crippen molar-refractivity contribution in [3.8, 4) is 0 Å². The Morgan fingerprint density at radius 2 is 1.82 bits per heavy atom. The van der Waals surface area contributed by atoms with E-state index in [9.17, 15) is 19.8 Å². The van der Waals surface area contributed by atoms with Gasteiger partial charge in [-0.1, -0.05) is 52.3 Å². The van der Waals surface area contributed by atoms with E-state index in [1.54, 1.807) is 6.08 Å². The average Bonchev–Trinajstić information content (AvgIpc) is 3.31. The summed E-state index contributed by atoms with van der Waals surface area (Å²) in [5.41, 5.74) is -0.209. The van der Waals surface area contributed by atoms with Crippen LogP contribution in [0.2, 0.25) is 0 Å². The maximum Gasteiger partial charge on any atom is 0.302 e. The molecular weight excluding hydrogens is 480 g/mol. The molecule has 6 heteroatoms. The second-order valence-corrected chi connectivity index (χ2v) is 14.8. The SMILES string of the molecule is CC(=O)O[C@@H]1C[C@H]2C(C)(C)C(=O)C=C[C@]2(C)[C@H]2CC[C@]3(C)C(=CC[C@H]3C(CO)C[C@@H](O)[C@@H]3OC3(C)C)[C@@]21C. The minimum Gasteiger partial charge on any atom is -0.462 e. The van der Waals surface area contributed by atoms with Gasteiger partial charge in [-0.15, -0.1) is 0 Å². The number of aliphatic hydroxyl groups is 2. The second kappa shape index (κ2) is 8.75. The maximum absolute atomic E-state index is 13.0. The van der Waals surface area contributed by atoms with Crippen molar-refractivity contribution in [1.82, 2.24) is 0 Å². The highest BCUT2D eigenvalue weighted by atomic mass is 16.6. The van der Waals surface area contributed by atoms with Crippen molar-refractivity contribution in [2.75, 3.05) is 6.61 Å². The number of esters is 1. The normalized spacial score (nSPS) is 45.8. The first-order valence-corrected chi connectivity index (χ1v) is 14.6. The Balaban J connectivity index is 1.50. The fourth-order valence-corrected chi connectivity index (χ4v) is 10.0. The molecule has 2 N–H and O–H groups in total. The molecule has 0 amide bonds. The predicted molar refractivity (Wildman–Crippen MR) is 145 cm³/mol. The zero-order chi connectivity index (χ0) is 28.1. The molecular formula is C32H48O6. The zero-order valence-corrected chi connectivity index (χ0v) is 24.5. The van der Waals surface area contributed by atoms with E-state index in [4.69, 9.17) is 9.47 Å². The molecule has 0 spiro atoms. The van der Waals surface area contributed by atoms with E-state index < -0.39 is 11.5 Å². The first kappa shape index (κ1) is 28.0. The Bertz CT molecular complexity index is 1070. The van der Waals surface area contributed by atoms with Crippen molar-refractivity contribution in [1.29, 1.82) is 0 Å². The Labute approximate surface area is 228 Å². The van der Waals surface area contributed by atoms with Gasteiger partial charge in [0, 0.05) is 24.4 Å². The molecule has 1 unspecified atom stereocenters. The summed E-state index contributed by atoms with van der Waals surface area (Å²) in [6, 6.07) is 0. The van der Waals surface area contributed by atoms with Crippen molar-refractivity contribution in [3.05, 3.63) is 23.8 Å². The minimum absolute atomic E-state index is 0.0257. The lowest BCUT2D eigenvalue weighted by Crippen LogP contribution is -2.64. The van der Waals surface area contributed by atoms with Crippen molar-refractivity contribution in [3.63, 3.8) is 0 Å². The van der Waals surface area contributed by atoms with E-state index in [0.717, 1.165) is 19.3 Å². The molecule has 38 heavy (non-hydrogen) atoms. The Hall–Kier alpha value is -1.50. The van der Waals surface area contributed by atoms with Crippen LogP contribution in [-0.2, 0) is 19.1 Å². The van der Waals surface area contributed by atoms with E-state index in [1.807, 2.05) is 13.8 Å². The van der Waals surface area contributed by atoms with E-state index in [1.165, 1.54) is 12.5 Å². The number of fused-ring (bicyclic) bond motifs is 5. The summed E-state index contributed by atoms with van der Waals surface area (Å²) in [4.78, 5) is 25.4. The lowest BCUT2D eigenvalue weighted by atomic mass is 9.38. The lowest BCUT2D eigenvalue weighted by molar-refractivity contribution is -0.188. The highest BCUT2D eigenvalue weighted by Gasteiger charge is 2.68. The fourth-order valence-electron chi connectivity index (χ4n) is 10.0. The van der Waals surface area contributed by atoms with Crippen molar-refractivity contribution in [2.45, 2.75) is 111 Å². The Kier molecular flexibility index (Phi) is 6.46. The standard InChI is InChI=1S/C32H48O6/c1-18(34)37-26-16-24-28(2,3)25(36)12-14-31(24,7)23-11-13-30(6)20(9-10-22(30)32(23,26)8)19(17-33)15-21(35)27-29(4,5)38-27/h10,12,14,19-21,23-24,26-27,33,35H,9,11,13,15-17H2,1-8H3/t19?,20-,21+,23+,24-,26+,27-,30-,31+,32-/m0/s1. The third kappa shape index (κ3) is 3.83. The van der Waals surface area contributed by atoms with Crippen molar-refractivity contribution < 1.29 is 29.3 Å². The van der Waals surface area contributed by atoms with Gasteiger partial charge in [0.15, 0.2) is 5.78 Å². The smallest absolute Gasteiger partial charge is 0.302 e. The number of aliphatic hydroxyl groups excluding tert-OH is 2. The van der Waals surface area contributed by atoms with E-state index in [0.29, 0.717) is 12.8 Å². The van der Waals surface area contributed by atoms with Gasteiger partial charge in [0.2, 0.25) is 0 Å². The molecule has 0 aromatic rings. The van der Waals surface area contributed by atoms with Crippen LogP contribution >= 0.6 is 0 Å². The van der Waals surface area contributed by atoms with Gasteiger partial charge in [-0.2, -0.15) is 0 Å². The largest absolute Gasteiger partial charge is 0.462 e. The zero-order valence-electron chi connectivity index (χ0n) is 24.5. The number of carbonyl (C=O) groups excluding carboxylic acids is 2. The molecule has 0 aromatic heterocycles.